The average Bonchev–Trinajstić information content (AvgIpc) is 2.48. The molecule has 112 valence electrons. The molecule has 1 aliphatic rings. The third kappa shape index (κ3) is 3.11. The van der Waals surface area contributed by atoms with Crippen LogP contribution in [-0.4, -0.2) is 50.1 Å². The van der Waals surface area contributed by atoms with Gasteiger partial charge in [0.05, 0.1) is 13.2 Å². The minimum absolute atomic E-state index is 0.0952. The molecule has 1 N–H and O–H groups in total. The number of rotatable bonds is 5. The fourth-order valence-electron chi connectivity index (χ4n) is 2.23. The van der Waals surface area contributed by atoms with Gasteiger partial charge in [0.15, 0.2) is 0 Å². The van der Waals surface area contributed by atoms with Gasteiger partial charge in [-0.3, -0.25) is 0 Å². The first-order valence-corrected chi connectivity index (χ1v) is 8.33. The fourth-order valence-corrected chi connectivity index (χ4v) is 3.85. The largest absolute Gasteiger partial charge is 0.378 e. The summed E-state index contributed by atoms with van der Waals surface area (Å²) in [6.07, 6.45) is 2.15. The van der Waals surface area contributed by atoms with E-state index in [1.54, 1.807) is 12.1 Å². The Kier molecular flexibility index (Phi) is 4.95. The lowest BCUT2D eigenvalue weighted by Gasteiger charge is -2.33. The second kappa shape index (κ2) is 6.51. The molecule has 1 aliphatic heterocycles. The van der Waals surface area contributed by atoms with Crippen LogP contribution in [0.15, 0.2) is 23.2 Å². The van der Waals surface area contributed by atoms with E-state index in [0.717, 1.165) is 13.0 Å². The van der Waals surface area contributed by atoms with E-state index in [2.05, 4.69) is 10.3 Å². The van der Waals surface area contributed by atoms with Gasteiger partial charge in [-0.25, -0.2) is 13.4 Å². The SMILES string of the molecule is CCNc1ccc(S(=O)(=O)N2CCOCC2CC)cn1. The highest BCUT2D eigenvalue weighted by Crippen LogP contribution is 2.22. The van der Waals surface area contributed by atoms with Crippen LogP contribution in [0.5, 0.6) is 0 Å². The zero-order chi connectivity index (χ0) is 14.6. The summed E-state index contributed by atoms with van der Waals surface area (Å²) in [7, 11) is -3.49. The maximum absolute atomic E-state index is 12.6. The number of aromatic nitrogens is 1. The topological polar surface area (TPSA) is 71.5 Å². The number of morpholine rings is 1. The van der Waals surface area contributed by atoms with Crippen LogP contribution in [0, 0.1) is 0 Å². The molecule has 1 atom stereocenters. The number of pyridine rings is 1. The maximum Gasteiger partial charge on any atom is 0.245 e. The molecule has 0 bridgehead atoms. The van der Waals surface area contributed by atoms with E-state index in [0.29, 0.717) is 25.6 Å². The summed E-state index contributed by atoms with van der Waals surface area (Å²) in [4.78, 5) is 4.37. The molecule has 1 saturated heterocycles. The summed E-state index contributed by atoms with van der Waals surface area (Å²) in [5.41, 5.74) is 0. The van der Waals surface area contributed by atoms with Gasteiger partial charge < -0.3 is 10.1 Å². The molecule has 1 aromatic rings. The molecule has 1 fully saturated rings. The van der Waals surface area contributed by atoms with Crippen LogP contribution in [0.4, 0.5) is 5.82 Å². The third-order valence-corrected chi connectivity index (χ3v) is 5.28. The smallest absolute Gasteiger partial charge is 0.245 e. The summed E-state index contributed by atoms with van der Waals surface area (Å²) in [6, 6.07) is 3.20. The molecule has 2 rings (SSSR count). The molecule has 6 nitrogen and oxygen atoms in total. The van der Waals surface area contributed by atoms with Crippen molar-refractivity contribution < 1.29 is 13.2 Å². The van der Waals surface area contributed by atoms with Gasteiger partial charge in [0.2, 0.25) is 10.0 Å². The molecule has 1 aromatic heterocycles. The van der Waals surface area contributed by atoms with Gasteiger partial charge in [0, 0.05) is 25.3 Å². The van der Waals surface area contributed by atoms with Crippen molar-refractivity contribution in [3.63, 3.8) is 0 Å². The average molecular weight is 299 g/mol. The molecule has 7 heteroatoms. The Morgan fingerprint density at radius 2 is 2.25 bits per heavy atom. The predicted octanol–water partition coefficient (Wildman–Crippen LogP) is 1.31. The summed E-state index contributed by atoms with van der Waals surface area (Å²) in [6.45, 7) is 5.98. The highest BCUT2D eigenvalue weighted by molar-refractivity contribution is 7.89. The molecule has 1 unspecified atom stereocenters. The first-order valence-electron chi connectivity index (χ1n) is 6.89. The highest BCUT2D eigenvalue weighted by Gasteiger charge is 2.33. The number of hydrogen-bond donors (Lipinski definition) is 1. The van der Waals surface area contributed by atoms with Gasteiger partial charge in [-0.15, -0.1) is 0 Å². The lowest BCUT2D eigenvalue weighted by molar-refractivity contribution is 0.0314. The molecule has 0 spiro atoms. The van der Waals surface area contributed by atoms with E-state index in [9.17, 15) is 8.42 Å². The molecular weight excluding hydrogens is 278 g/mol. The van der Waals surface area contributed by atoms with Crippen LogP contribution in [0.2, 0.25) is 0 Å². The Bertz CT molecular complexity index is 530. The Balaban J connectivity index is 2.24. The van der Waals surface area contributed by atoms with Crippen molar-refractivity contribution in [2.45, 2.75) is 31.2 Å². The zero-order valence-corrected chi connectivity index (χ0v) is 12.7. The number of nitrogens with one attached hydrogen (secondary N) is 1. The monoisotopic (exact) mass is 299 g/mol. The van der Waals surface area contributed by atoms with Gasteiger partial charge in [-0.1, -0.05) is 6.92 Å². The van der Waals surface area contributed by atoms with E-state index in [-0.39, 0.29) is 10.9 Å². The van der Waals surface area contributed by atoms with Crippen molar-refractivity contribution in [3.05, 3.63) is 18.3 Å². The van der Waals surface area contributed by atoms with Crippen LogP contribution in [0.3, 0.4) is 0 Å². The Morgan fingerprint density at radius 3 is 2.85 bits per heavy atom. The predicted molar refractivity (Wildman–Crippen MR) is 77.2 cm³/mol. The van der Waals surface area contributed by atoms with Crippen molar-refractivity contribution in [2.24, 2.45) is 0 Å². The number of nitrogens with zero attached hydrogens (tertiary/aromatic N) is 2. The quantitative estimate of drug-likeness (QED) is 0.887. The second-order valence-corrected chi connectivity index (χ2v) is 6.55. The normalized spacial score (nSPS) is 20.8. The van der Waals surface area contributed by atoms with Gasteiger partial charge in [-0.2, -0.15) is 4.31 Å². The lowest BCUT2D eigenvalue weighted by atomic mass is 10.2. The standard InChI is InChI=1S/C13H21N3O3S/c1-3-11-10-19-8-7-16(11)20(17,18)12-5-6-13(14-4-2)15-9-12/h5-6,9,11H,3-4,7-8,10H2,1-2H3,(H,14,15). The van der Waals surface area contributed by atoms with Crippen LogP contribution in [0.25, 0.3) is 0 Å². The Hall–Kier alpha value is -1.18. The summed E-state index contributed by atoms with van der Waals surface area (Å²) in [5, 5.41) is 3.05. The summed E-state index contributed by atoms with van der Waals surface area (Å²) < 4.78 is 32.2. The van der Waals surface area contributed by atoms with Crippen LogP contribution < -0.4 is 5.32 Å². The summed E-state index contributed by atoms with van der Waals surface area (Å²) >= 11 is 0. The molecule has 0 aromatic carbocycles. The number of anilines is 1. The van der Waals surface area contributed by atoms with Crippen molar-refractivity contribution in [3.8, 4) is 0 Å². The van der Waals surface area contributed by atoms with Crippen molar-refractivity contribution in [1.29, 1.82) is 0 Å². The van der Waals surface area contributed by atoms with E-state index in [1.165, 1.54) is 10.5 Å². The zero-order valence-electron chi connectivity index (χ0n) is 11.9. The third-order valence-electron chi connectivity index (χ3n) is 3.35. The van der Waals surface area contributed by atoms with E-state index >= 15 is 0 Å². The van der Waals surface area contributed by atoms with Gasteiger partial charge in [-0.05, 0) is 25.5 Å². The van der Waals surface area contributed by atoms with E-state index < -0.39 is 10.0 Å². The Morgan fingerprint density at radius 1 is 1.45 bits per heavy atom. The molecule has 0 saturated carbocycles. The van der Waals surface area contributed by atoms with Crippen LogP contribution in [-0.2, 0) is 14.8 Å². The van der Waals surface area contributed by atoms with Crippen molar-refractivity contribution >= 4 is 15.8 Å². The van der Waals surface area contributed by atoms with Crippen molar-refractivity contribution in [1.82, 2.24) is 9.29 Å². The highest BCUT2D eigenvalue weighted by atomic mass is 32.2. The minimum Gasteiger partial charge on any atom is -0.378 e. The molecular formula is C13H21N3O3S. The molecule has 0 radical (unpaired) electrons. The molecule has 20 heavy (non-hydrogen) atoms. The number of hydrogen-bond acceptors (Lipinski definition) is 5. The van der Waals surface area contributed by atoms with Crippen LogP contribution >= 0.6 is 0 Å². The van der Waals surface area contributed by atoms with Gasteiger partial charge in [0.25, 0.3) is 0 Å². The van der Waals surface area contributed by atoms with Crippen molar-refractivity contribution in [2.75, 3.05) is 31.6 Å². The molecule has 2 heterocycles. The first-order chi connectivity index (χ1) is 9.59. The minimum atomic E-state index is -3.49. The van der Waals surface area contributed by atoms with E-state index in [4.69, 9.17) is 4.74 Å². The number of ether oxygens (including phenoxy) is 1. The second-order valence-electron chi connectivity index (χ2n) is 4.66. The van der Waals surface area contributed by atoms with E-state index in [1.807, 2.05) is 13.8 Å². The number of sulfonamides is 1. The first kappa shape index (κ1) is 15.2. The van der Waals surface area contributed by atoms with Gasteiger partial charge in [0.1, 0.15) is 10.7 Å². The van der Waals surface area contributed by atoms with Crippen LogP contribution in [0.1, 0.15) is 20.3 Å². The molecule has 0 aliphatic carbocycles. The van der Waals surface area contributed by atoms with Gasteiger partial charge >= 0.3 is 0 Å². The Labute approximate surface area is 120 Å². The summed E-state index contributed by atoms with van der Waals surface area (Å²) in [5.74, 6) is 0.681. The maximum atomic E-state index is 12.6. The lowest BCUT2D eigenvalue weighted by Crippen LogP contribution is -2.48. The fraction of sp³-hybridized carbons (Fsp3) is 0.615. The molecule has 0 amide bonds.